The lowest BCUT2D eigenvalue weighted by Crippen LogP contribution is -2.24. The fourth-order valence-corrected chi connectivity index (χ4v) is 2.97. The van der Waals surface area contributed by atoms with Gasteiger partial charge in [0, 0.05) is 35.4 Å². The van der Waals surface area contributed by atoms with Crippen molar-refractivity contribution in [2.24, 2.45) is 0 Å². The highest BCUT2D eigenvalue weighted by Crippen LogP contribution is 2.22. The summed E-state index contributed by atoms with van der Waals surface area (Å²) in [5.74, 6) is 0. The summed E-state index contributed by atoms with van der Waals surface area (Å²) in [5, 5.41) is 1.26. The van der Waals surface area contributed by atoms with E-state index in [2.05, 4.69) is 34.6 Å². The zero-order valence-electron chi connectivity index (χ0n) is 11.0. The molecule has 0 amide bonds. The second kappa shape index (κ2) is 4.65. The van der Waals surface area contributed by atoms with Crippen molar-refractivity contribution in [3.05, 3.63) is 30.0 Å². The maximum absolute atomic E-state index is 5.84. The van der Waals surface area contributed by atoms with Crippen LogP contribution in [0.25, 0.3) is 10.9 Å². The number of nitrogens with two attached hydrogens (primary N) is 1. The zero-order chi connectivity index (χ0) is 12.5. The predicted octanol–water partition coefficient (Wildman–Crippen LogP) is 2.63. The van der Waals surface area contributed by atoms with Gasteiger partial charge in [-0.05, 0) is 57.1 Å². The minimum atomic E-state index is 0.846. The van der Waals surface area contributed by atoms with E-state index in [9.17, 15) is 0 Å². The third kappa shape index (κ3) is 2.10. The van der Waals surface area contributed by atoms with Crippen molar-refractivity contribution in [2.45, 2.75) is 26.3 Å². The number of aryl methyl sites for hydroxylation is 1. The summed E-state index contributed by atoms with van der Waals surface area (Å²) in [5.41, 5.74) is 9.32. The molecule has 1 aliphatic rings. The first-order chi connectivity index (χ1) is 8.74. The van der Waals surface area contributed by atoms with Gasteiger partial charge in [-0.1, -0.05) is 0 Å². The lowest BCUT2D eigenvalue weighted by atomic mass is 10.2. The Hall–Kier alpha value is -1.48. The highest BCUT2D eigenvalue weighted by Gasteiger charge is 2.12. The molecule has 3 nitrogen and oxygen atoms in total. The van der Waals surface area contributed by atoms with Gasteiger partial charge in [-0.25, -0.2) is 0 Å². The predicted molar refractivity (Wildman–Crippen MR) is 76.8 cm³/mol. The van der Waals surface area contributed by atoms with Crippen LogP contribution in [0, 0.1) is 6.92 Å². The fraction of sp³-hybridized carbons (Fsp3) is 0.467. The van der Waals surface area contributed by atoms with Gasteiger partial charge < -0.3 is 15.2 Å². The molecule has 96 valence electrons. The lowest BCUT2D eigenvalue weighted by molar-refractivity contribution is 0.323. The summed E-state index contributed by atoms with van der Waals surface area (Å²) >= 11 is 0. The number of likely N-dealkylation sites (tertiary alicyclic amines) is 1. The first-order valence-corrected chi connectivity index (χ1v) is 6.82. The molecule has 1 fully saturated rings. The summed E-state index contributed by atoms with van der Waals surface area (Å²) in [6.45, 7) is 6.96. The second-order valence-corrected chi connectivity index (χ2v) is 5.30. The van der Waals surface area contributed by atoms with E-state index < -0.39 is 0 Å². The van der Waals surface area contributed by atoms with Crippen molar-refractivity contribution in [1.29, 1.82) is 0 Å². The quantitative estimate of drug-likeness (QED) is 0.841. The maximum atomic E-state index is 5.84. The van der Waals surface area contributed by atoms with Gasteiger partial charge in [-0.15, -0.1) is 0 Å². The molecule has 0 spiro atoms. The SMILES string of the molecule is Cc1cc2cc(N)ccc2n1CCN1CCCC1. The normalized spacial score (nSPS) is 16.7. The topological polar surface area (TPSA) is 34.2 Å². The van der Waals surface area contributed by atoms with Crippen molar-refractivity contribution < 1.29 is 0 Å². The number of hydrogen-bond acceptors (Lipinski definition) is 2. The van der Waals surface area contributed by atoms with Crippen molar-refractivity contribution in [2.75, 3.05) is 25.4 Å². The Labute approximate surface area is 108 Å². The van der Waals surface area contributed by atoms with Crippen LogP contribution in [0.1, 0.15) is 18.5 Å². The average Bonchev–Trinajstić information content (AvgIpc) is 2.93. The van der Waals surface area contributed by atoms with Crippen LogP contribution < -0.4 is 5.73 Å². The maximum Gasteiger partial charge on any atom is 0.0484 e. The Kier molecular flexibility index (Phi) is 3.00. The van der Waals surface area contributed by atoms with Crippen LogP contribution in [-0.4, -0.2) is 29.1 Å². The van der Waals surface area contributed by atoms with Gasteiger partial charge in [0.05, 0.1) is 0 Å². The minimum Gasteiger partial charge on any atom is -0.399 e. The molecule has 1 saturated heterocycles. The van der Waals surface area contributed by atoms with E-state index in [0.717, 1.165) is 18.8 Å². The number of nitrogens with zero attached hydrogens (tertiary/aromatic N) is 2. The monoisotopic (exact) mass is 243 g/mol. The van der Waals surface area contributed by atoms with E-state index >= 15 is 0 Å². The van der Waals surface area contributed by atoms with Crippen LogP contribution in [-0.2, 0) is 6.54 Å². The lowest BCUT2D eigenvalue weighted by Gasteiger charge is -2.16. The van der Waals surface area contributed by atoms with E-state index in [1.54, 1.807) is 0 Å². The van der Waals surface area contributed by atoms with E-state index in [-0.39, 0.29) is 0 Å². The molecule has 3 heteroatoms. The number of hydrogen-bond donors (Lipinski definition) is 1. The van der Waals surface area contributed by atoms with Crippen LogP contribution in [0.2, 0.25) is 0 Å². The number of benzene rings is 1. The Morgan fingerprint density at radius 1 is 1.11 bits per heavy atom. The van der Waals surface area contributed by atoms with E-state index in [1.165, 1.54) is 42.5 Å². The van der Waals surface area contributed by atoms with Crippen LogP contribution in [0.5, 0.6) is 0 Å². The van der Waals surface area contributed by atoms with Crippen LogP contribution in [0.3, 0.4) is 0 Å². The second-order valence-electron chi connectivity index (χ2n) is 5.30. The Balaban J connectivity index is 1.84. The molecule has 1 aliphatic heterocycles. The first kappa shape index (κ1) is 11.6. The highest BCUT2D eigenvalue weighted by atomic mass is 15.2. The van der Waals surface area contributed by atoms with Gasteiger partial charge >= 0.3 is 0 Å². The summed E-state index contributed by atoms with van der Waals surface area (Å²) in [4.78, 5) is 2.56. The molecule has 1 aromatic heterocycles. The number of anilines is 1. The zero-order valence-corrected chi connectivity index (χ0v) is 11.0. The average molecular weight is 243 g/mol. The molecule has 0 bridgehead atoms. The molecule has 2 heterocycles. The summed E-state index contributed by atoms with van der Waals surface area (Å²) in [6, 6.07) is 8.43. The van der Waals surface area contributed by atoms with Crippen molar-refractivity contribution in [3.8, 4) is 0 Å². The Morgan fingerprint density at radius 3 is 2.67 bits per heavy atom. The highest BCUT2D eigenvalue weighted by molar-refractivity contribution is 5.84. The largest absolute Gasteiger partial charge is 0.399 e. The molecular formula is C15H21N3. The van der Waals surface area contributed by atoms with Crippen molar-refractivity contribution in [3.63, 3.8) is 0 Å². The molecule has 2 aromatic rings. The van der Waals surface area contributed by atoms with Crippen molar-refractivity contribution >= 4 is 16.6 Å². The van der Waals surface area contributed by atoms with Crippen LogP contribution in [0.4, 0.5) is 5.69 Å². The standard InChI is InChI=1S/C15H21N3/c1-12-10-13-11-14(16)4-5-15(13)18(12)9-8-17-6-2-3-7-17/h4-5,10-11H,2-3,6-9,16H2,1H3. The van der Waals surface area contributed by atoms with Gasteiger partial charge in [-0.3, -0.25) is 0 Å². The number of nitrogen functional groups attached to an aromatic ring is 1. The molecule has 3 rings (SSSR count). The molecule has 0 atom stereocenters. The molecule has 0 saturated carbocycles. The van der Waals surface area contributed by atoms with Gasteiger partial charge in [0.15, 0.2) is 0 Å². The summed E-state index contributed by atoms with van der Waals surface area (Å²) in [7, 11) is 0. The molecule has 0 unspecified atom stereocenters. The third-order valence-corrected chi connectivity index (χ3v) is 3.97. The van der Waals surface area contributed by atoms with Crippen LogP contribution >= 0.6 is 0 Å². The van der Waals surface area contributed by atoms with E-state index in [1.807, 2.05) is 6.07 Å². The molecule has 2 N–H and O–H groups in total. The first-order valence-electron chi connectivity index (χ1n) is 6.82. The third-order valence-electron chi connectivity index (χ3n) is 3.97. The Bertz CT molecular complexity index is 550. The fourth-order valence-electron chi connectivity index (χ4n) is 2.97. The number of fused-ring (bicyclic) bond motifs is 1. The molecule has 1 aromatic carbocycles. The number of rotatable bonds is 3. The Morgan fingerprint density at radius 2 is 1.89 bits per heavy atom. The summed E-state index contributed by atoms with van der Waals surface area (Å²) < 4.78 is 2.41. The molecule has 0 radical (unpaired) electrons. The van der Waals surface area contributed by atoms with Gasteiger partial charge in [-0.2, -0.15) is 0 Å². The molecular weight excluding hydrogens is 222 g/mol. The number of aromatic nitrogens is 1. The van der Waals surface area contributed by atoms with Gasteiger partial charge in [0.1, 0.15) is 0 Å². The smallest absolute Gasteiger partial charge is 0.0484 e. The van der Waals surface area contributed by atoms with Gasteiger partial charge in [0.25, 0.3) is 0 Å². The molecule has 18 heavy (non-hydrogen) atoms. The van der Waals surface area contributed by atoms with E-state index in [4.69, 9.17) is 5.73 Å². The van der Waals surface area contributed by atoms with E-state index in [0.29, 0.717) is 0 Å². The van der Waals surface area contributed by atoms with Crippen LogP contribution in [0.15, 0.2) is 24.3 Å². The minimum absolute atomic E-state index is 0.846. The van der Waals surface area contributed by atoms with Gasteiger partial charge in [0.2, 0.25) is 0 Å². The molecule has 0 aliphatic carbocycles. The van der Waals surface area contributed by atoms with Crippen molar-refractivity contribution in [1.82, 2.24) is 9.47 Å². The summed E-state index contributed by atoms with van der Waals surface area (Å²) in [6.07, 6.45) is 2.73.